The first-order valence-corrected chi connectivity index (χ1v) is 7.47. The molecule has 0 N–H and O–H groups in total. The average molecular weight is 315 g/mol. The van der Waals surface area contributed by atoms with Gasteiger partial charge in [0.2, 0.25) is 0 Å². The summed E-state index contributed by atoms with van der Waals surface area (Å²) in [7, 11) is -4.35. The number of benzene rings is 1. The van der Waals surface area contributed by atoms with Crippen molar-refractivity contribution >= 4 is 21.7 Å². The molecular formula is C12H16ClKO3S. The van der Waals surface area contributed by atoms with Gasteiger partial charge in [0.15, 0.2) is 0 Å². The molecule has 1 atom stereocenters. The first kappa shape index (κ1) is 19.1. The van der Waals surface area contributed by atoms with Crippen LogP contribution in [0.3, 0.4) is 0 Å². The Morgan fingerprint density at radius 2 is 1.83 bits per heavy atom. The third kappa shape index (κ3) is 7.00. The Bertz CT molecular complexity index is 445. The fraction of sp³-hybridized carbons (Fsp3) is 0.500. The Kier molecular flexibility index (Phi) is 9.61. The maximum absolute atomic E-state index is 10.7. The summed E-state index contributed by atoms with van der Waals surface area (Å²) in [6, 6.07) is 5.96. The predicted molar refractivity (Wildman–Crippen MR) is 67.3 cm³/mol. The minimum Gasteiger partial charge on any atom is -0.744 e. The Morgan fingerprint density at radius 1 is 1.28 bits per heavy atom. The summed E-state index contributed by atoms with van der Waals surface area (Å²) >= 11 is 6.14. The van der Waals surface area contributed by atoms with E-state index in [2.05, 4.69) is 6.92 Å². The van der Waals surface area contributed by atoms with E-state index in [1.807, 2.05) is 0 Å². The maximum atomic E-state index is 10.7. The van der Waals surface area contributed by atoms with E-state index in [1.165, 1.54) is 12.1 Å². The van der Waals surface area contributed by atoms with Gasteiger partial charge < -0.3 is 4.55 Å². The van der Waals surface area contributed by atoms with Crippen molar-refractivity contribution in [3.05, 3.63) is 29.8 Å². The SMILES string of the molecule is CCCCC(Cl)Cc1ccc(S(=O)(=O)[O-])cc1.[K+]. The zero-order valence-electron chi connectivity index (χ0n) is 10.7. The Balaban J connectivity index is 0.00000289. The molecule has 0 aliphatic rings. The Hall–Kier alpha value is 1.06. The summed E-state index contributed by atoms with van der Waals surface area (Å²) in [5.41, 5.74) is 0.952. The minimum atomic E-state index is -4.35. The van der Waals surface area contributed by atoms with Crippen LogP contribution in [-0.4, -0.2) is 18.3 Å². The molecule has 0 saturated heterocycles. The van der Waals surface area contributed by atoms with E-state index in [9.17, 15) is 13.0 Å². The molecule has 0 amide bonds. The molecule has 0 saturated carbocycles. The molecule has 18 heavy (non-hydrogen) atoms. The van der Waals surface area contributed by atoms with Crippen molar-refractivity contribution in [2.45, 2.75) is 42.9 Å². The maximum Gasteiger partial charge on any atom is 1.00 e. The summed E-state index contributed by atoms with van der Waals surface area (Å²) in [6.07, 6.45) is 3.83. The van der Waals surface area contributed by atoms with E-state index in [-0.39, 0.29) is 61.7 Å². The van der Waals surface area contributed by atoms with Crippen molar-refractivity contribution in [3.63, 3.8) is 0 Å². The van der Waals surface area contributed by atoms with Crippen molar-refractivity contribution in [3.8, 4) is 0 Å². The van der Waals surface area contributed by atoms with Crippen molar-refractivity contribution in [1.82, 2.24) is 0 Å². The zero-order valence-corrected chi connectivity index (χ0v) is 15.4. The second kappa shape index (κ2) is 9.08. The Morgan fingerprint density at radius 3 is 2.28 bits per heavy atom. The average Bonchev–Trinajstić information content (AvgIpc) is 2.26. The van der Waals surface area contributed by atoms with Crippen molar-refractivity contribution in [2.75, 3.05) is 0 Å². The van der Waals surface area contributed by atoms with E-state index in [0.29, 0.717) is 6.42 Å². The van der Waals surface area contributed by atoms with Gasteiger partial charge in [0.25, 0.3) is 0 Å². The molecular weight excluding hydrogens is 299 g/mol. The summed E-state index contributed by atoms with van der Waals surface area (Å²) in [5, 5.41) is 0.0599. The monoisotopic (exact) mass is 314 g/mol. The molecule has 1 aromatic carbocycles. The third-order valence-electron chi connectivity index (χ3n) is 2.54. The van der Waals surface area contributed by atoms with Gasteiger partial charge in [-0.1, -0.05) is 31.9 Å². The van der Waals surface area contributed by atoms with E-state index >= 15 is 0 Å². The van der Waals surface area contributed by atoms with Crippen LogP contribution in [0.1, 0.15) is 31.7 Å². The van der Waals surface area contributed by atoms with Crippen molar-refractivity contribution < 1.29 is 64.4 Å². The quantitative estimate of drug-likeness (QED) is 0.420. The van der Waals surface area contributed by atoms with Crippen LogP contribution in [0.5, 0.6) is 0 Å². The van der Waals surface area contributed by atoms with E-state index in [1.54, 1.807) is 12.1 Å². The summed E-state index contributed by atoms with van der Waals surface area (Å²) in [5.74, 6) is 0. The number of halogens is 1. The second-order valence-electron chi connectivity index (χ2n) is 4.04. The van der Waals surface area contributed by atoms with Gasteiger partial charge in [-0.05, 0) is 30.5 Å². The van der Waals surface area contributed by atoms with Crippen LogP contribution in [0.15, 0.2) is 29.2 Å². The van der Waals surface area contributed by atoms with Gasteiger partial charge in [-0.15, -0.1) is 11.6 Å². The molecule has 0 bridgehead atoms. The number of alkyl halides is 1. The third-order valence-corrected chi connectivity index (χ3v) is 3.76. The zero-order chi connectivity index (χ0) is 12.9. The van der Waals surface area contributed by atoms with Crippen LogP contribution in [0, 0.1) is 0 Å². The predicted octanol–water partition coefficient (Wildman–Crippen LogP) is -0.0652. The second-order valence-corrected chi connectivity index (χ2v) is 6.04. The van der Waals surface area contributed by atoms with Gasteiger partial charge in [-0.3, -0.25) is 0 Å². The van der Waals surface area contributed by atoms with Crippen LogP contribution in [0.4, 0.5) is 0 Å². The van der Waals surface area contributed by atoms with Gasteiger partial charge in [-0.25, -0.2) is 8.42 Å². The van der Waals surface area contributed by atoms with Gasteiger partial charge in [0.1, 0.15) is 10.1 Å². The first-order valence-electron chi connectivity index (χ1n) is 5.62. The largest absolute Gasteiger partial charge is 1.00 e. The number of rotatable bonds is 6. The fourth-order valence-corrected chi connectivity index (χ4v) is 2.38. The molecule has 0 heterocycles. The van der Waals surface area contributed by atoms with Crippen LogP contribution < -0.4 is 51.4 Å². The topological polar surface area (TPSA) is 57.2 Å². The molecule has 0 fully saturated rings. The smallest absolute Gasteiger partial charge is 0.744 e. The van der Waals surface area contributed by atoms with E-state index < -0.39 is 10.1 Å². The minimum absolute atomic E-state index is 0. The molecule has 1 aromatic rings. The number of hydrogen-bond donors (Lipinski definition) is 0. The van der Waals surface area contributed by atoms with Gasteiger partial charge in [-0.2, -0.15) is 0 Å². The van der Waals surface area contributed by atoms with Crippen molar-refractivity contribution in [1.29, 1.82) is 0 Å². The molecule has 0 aliphatic carbocycles. The molecule has 0 spiro atoms. The molecule has 96 valence electrons. The van der Waals surface area contributed by atoms with Crippen molar-refractivity contribution in [2.24, 2.45) is 0 Å². The molecule has 0 aromatic heterocycles. The normalized spacial score (nSPS) is 12.8. The van der Waals surface area contributed by atoms with Gasteiger partial charge in [0.05, 0.1) is 4.90 Å². The molecule has 0 radical (unpaired) electrons. The molecule has 3 nitrogen and oxygen atoms in total. The first-order chi connectivity index (χ1) is 7.93. The van der Waals surface area contributed by atoms with Gasteiger partial charge in [0, 0.05) is 5.38 Å². The number of hydrogen-bond acceptors (Lipinski definition) is 3. The standard InChI is InChI=1S/C12H17ClO3S.K/c1-2-3-4-11(13)9-10-5-7-12(8-6-10)17(14,15)16;/h5-8,11H,2-4,9H2,1H3,(H,14,15,16);/q;+1/p-1. The van der Waals surface area contributed by atoms with Crippen LogP contribution in [0.25, 0.3) is 0 Å². The van der Waals surface area contributed by atoms with Crippen LogP contribution in [0.2, 0.25) is 0 Å². The Labute approximate surface area is 156 Å². The molecule has 0 aliphatic heterocycles. The molecule has 6 heteroatoms. The summed E-state index contributed by atoms with van der Waals surface area (Å²) in [4.78, 5) is -0.194. The van der Waals surface area contributed by atoms with Gasteiger partial charge >= 0.3 is 51.4 Å². The van der Waals surface area contributed by atoms with Crippen LogP contribution >= 0.6 is 11.6 Å². The summed E-state index contributed by atoms with van der Waals surface area (Å²) < 4.78 is 32.2. The molecule has 1 rings (SSSR count). The fourth-order valence-electron chi connectivity index (χ4n) is 1.58. The van der Waals surface area contributed by atoms with E-state index in [0.717, 1.165) is 24.8 Å². The summed E-state index contributed by atoms with van der Waals surface area (Å²) in [6.45, 7) is 2.11. The van der Waals surface area contributed by atoms with E-state index in [4.69, 9.17) is 11.6 Å². The molecule has 1 unspecified atom stereocenters. The van der Waals surface area contributed by atoms with Crippen LogP contribution in [-0.2, 0) is 16.5 Å². The number of unbranched alkanes of at least 4 members (excludes halogenated alkanes) is 1.